The van der Waals surface area contributed by atoms with E-state index in [2.05, 4.69) is 9.46 Å². The Kier molecular flexibility index (Phi) is 4.28. The molecule has 1 aliphatic rings. The molecule has 0 radical (unpaired) electrons. The Morgan fingerprint density at radius 1 is 1.50 bits per heavy atom. The zero-order valence-electron chi connectivity index (χ0n) is 9.36. The van der Waals surface area contributed by atoms with E-state index in [4.69, 9.17) is 5.73 Å². The van der Waals surface area contributed by atoms with Crippen molar-refractivity contribution < 1.29 is 17.9 Å². The summed E-state index contributed by atoms with van der Waals surface area (Å²) in [5.74, 6) is -0.785. The van der Waals surface area contributed by atoms with Gasteiger partial charge in [0.15, 0.2) is 0 Å². The van der Waals surface area contributed by atoms with Crippen molar-refractivity contribution in [3.8, 4) is 0 Å². The Hall–Kier alpha value is -0.660. The fourth-order valence-electron chi connectivity index (χ4n) is 1.45. The van der Waals surface area contributed by atoms with Crippen molar-refractivity contribution in [2.75, 3.05) is 19.4 Å². The molecule has 0 aliphatic heterocycles. The van der Waals surface area contributed by atoms with Crippen LogP contribution in [-0.2, 0) is 19.6 Å². The van der Waals surface area contributed by atoms with Gasteiger partial charge in [0.2, 0.25) is 10.0 Å². The molecule has 0 spiro atoms. The molecule has 0 saturated heterocycles. The van der Waals surface area contributed by atoms with Crippen LogP contribution in [0.3, 0.4) is 0 Å². The summed E-state index contributed by atoms with van der Waals surface area (Å²) in [6, 6.07) is 0. The molecule has 0 unspecified atom stereocenters. The van der Waals surface area contributed by atoms with Gasteiger partial charge < -0.3 is 10.5 Å². The van der Waals surface area contributed by atoms with Crippen molar-refractivity contribution >= 4 is 16.0 Å². The van der Waals surface area contributed by atoms with Crippen LogP contribution in [0.4, 0.5) is 0 Å². The lowest BCUT2D eigenvalue weighted by atomic mass is 9.78. The van der Waals surface area contributed by atoms with Crippen molar-refractivity contribution in [1.82, 2.24) is 4.72 Å². The minimum absolute atomic E-state index is 0.136. The number of hydrogen-bond acceptors (Lipinski definition) is 5. The monoisotopic (exact) mass is 250 g/mol. The SMILES string of the molecule is COC(=O)CCS(=O)(=O)NCC1(N)CCC1. The van der Waals surface area contributed by atoms with Gasteiger partial charge in [0.1, 0.15) is 0 Å². The van der Waals surface area contributed by atoms with Gasteiger partial charge in [0, 0.05) is 12.1 Å². The number of nitrogens with two attached hydrogens (primary N) is 1. The number of carbonyl (C=O) groups is 1. The second-order valence-electron chi connectivity index (χ2n) is 4.18. The van der Waals surface area contributed by atoms with Crippen molar-refractivity contribution in [3.63, 3.8) is 0 Å². The molecule has 16 heavy (non-hydrogen) atoms. The molecule has 6 nitrogen and oxygen atoms in total. The fraction of sp³-hybridized carbons (Fsp3) is 0.889. The Morgan fingerprint density at radius 3 is 2.56 bits per heavy atom. The molecule has 0 aromatic carbocycles. The first-order chi connectivity index (χ1) is 7.37. The predicted octanol–water partition coefficient (Wildman–Crippen LogP) is -0.650. The number of sulfonamides is 1. The van der Waals surface area contributed by atoms with Crippen LogP contribution in [0.2, 0.25) is 0 Å². The summed E-state index contributed by atoms with van der Waals surface area (Å²) in [5.41, 5.74) is 5.48. The van der Waals surface area contributed by atoms with Gasteiger partial charge in [-0.15, -0.1) is 0 Å². The first-order valence-corrected chi connectivity index (χ1v) is 6.85. The number of carbonyl (C=O) groups excluding carboxylic acids is 1. The molecule has 0 amide bonds. The van der Waals surface area contributed by atoms with Crippen LogP contribution < -0.4 is 10.5 Å². The van der Waals surface area contributed by atoms with Crippen LogP contribution in [0.5, 0.6) is 0 Å². The molecule has 1 aliphatic carbocycles. The molecule has 0 atom stereocenters. The highest BCUT2D eigenvalue weighted by molar-refractivity contribution is 7.89. The van der Waals surface area contributed by atoms with Gasteiger partial charge >= 0.3 is 5.97 Å². The third kappa shape index (κ3) is 4.07. The lowest BCUT2D eigenvalue weighted by Crippen LogP contribution is -2.55. The predicted molar refractivity (Wildman–Crippen MR) is 59.2 cm³/mol. The summed E-state index contributed by atoms with van der Waals surface area (Å²) in [6.45, 7) is 0.247. The molecule has 3 N–H and O–H groups in total. The van der Waals surface area contributed by atoms with E-state index in [0.717, 1.165) is 19.3 Å². The summed E-state index contributed by atoms with van der Waals surface area (Å²) >= 11 is 0. The topological polar surface area (TPSA) is 98.5 Å². The van der Waals surface area contributed by atoms with Crippen molar-refractivity contribution in [1.29, 1.82) is 0 Å². The molecule has 1 fully saturated rings. The Labute approximate surface area is 95.6 Å². The quantitative estimate of drug-likeness (QED) is 0.610. The minimum Gasteiger partial charge on any atom is -0.469 e. The van der Waals surface area contributed by atoms with Gasteiger partial charge in [-0.3, -0.25) is 4.79 Å². The van der Waals surface area contributed by atoms with E-state index >= 15 is 0 Å². The summed E-state index contributed by atoms with van der Waals surface area (Å²) in [4.78, 5) is 10.8. The molecule has 1 saturated carbocycles. The van der Waals surface area contributed by atoms with Gasteiger partial charge in [0.25, 0.3) is 0 Å². The first kappa shape index (κ1) is 13.4. The molecule has 0 aromatic heterocycles. The number of rotatable bonds is 6. The molecule has 94 valence electrons. The summed E-state index contributed by atoms with van der Waals surface area (Å²) in [6.07, 6.45) is 2.59. The highest BCUT2D eigenvalue weighted by atomic mass is 32.2. The molecule has 0 aromatic rings. The number of nitrogens with one attached hydrogen (secondary N) is 1. The maximum Gasteiger partial charge on any atom is 0.306 e. The van der Waals surface area contributed by atoms with Gasteiger partial charge in [0.05, 0.1) is 19.3 Å². The van der Waals surface area contributed by atoms with E-state index < -0.39 is 21.5 Å². The van der Waals surface area contributed by atoms with E-state index in [1.54, 1.807) is 0 Å². The molecule has 0 heterocycles. The Balaban J connectivity index is 2.31. The highest BCUT2D eigenvalue weighted by Crippen LogP contribution is 2.28. The second-order valence-corrected chi connectivity index (χ2v) is 6.11. The smallest absolute Gasteiger partial charge is 0.306 e. The third-order valence-electron chi connectivity index (χ3n) is 2.80. The van der Waals surface area contributed by atoms with Crippen LogP contribution in [0, 0.1) is 0 Å². The van der Waals surface area contributed by atoms with Crippen molar-refractivity contribution in [2.45, 2.75) is 31.2 Å². The van der Waals surface area contributed by atoms with E-state index in [9.17, 15) is 13.2 Å². The van der Waals surface area contributed by atoms with Crippen LogP contribution in [0.1, 0.15) is 25.7 Å². The zero-order valence-corrected chi connectivity index (χ0v) is 10.2. The number of hydrogen-bond donors (Lipinski definition) is 2. The second kappa shape index (κ2) is 5.11. The summed E-state index contributed by atoms with van der Waals surface area (Å²) in [7, 11) is -2.20. The van der Waals surface area contributed by atoms with E-state index in [-0.39, 0.29) is 18.7 Å². The van der Waals surface area contributed by atoms with Crippen LogP contribution >= 0.6 is 0 Å². The van der Waals surface area contributed by atoms with E-state index in [1.165, 1.54) is 7.11 Å². The van der Waals surface area contributed by atoms with Crippen LogP contribution in [0.15, 0.2) is 0 Å². The van der Waals surface area contributed by atoms with E-state index in [1.807, 2.05) is 0 Å². The normalized spacial score (nSPS) is 18.9. The molecule has 1 rings (SSSR count). The fourth-order valence-corrected chi connectivity index (χ4v) is 2.54. The van der Waals surface area contributed by atoms with Crippen molar-refractivity contribution in [3.05, 3.63) is 0 Å². The highest BCUT2D eigenvalue weighted by Gasteiger charge is 2.33. The van der Waals surface area contributed by atoms with Crippen molar-refractivity contribution in [2.24, 2.45) is 5.73 Å². The summed E-state index contributed by atoms with van der Waals surface area (Å²) in [5, 5.41) is 0. The average Bonchev–Trinajstić information content (AvgIpc) is 2.20. The van der Waals surface area contributed by atoms with Gasteiger partial charge in [-0.1, -0.05) is 0 Å². The number of methoxy groups -OCH3 is 1. The van der Waals surface area contributed by atoms with Crippen LogP contribution in [0.25, 0.3) is 0 Å². The van der Waals surface area contributed by atoms with E-state index in [0.29, 0.717) is 0 Å². The van der Waals surface area contributed by atoms with Gasteiger partial charge in [-0.2, -0.15) is 0 Å². The lowest BCUT2D eigenvalue weighted by molar-refractivity contribution is -0.140. The van der Waals surface area contributed by atoms with Gasteiger partial charge in [-0.25, -0.2) is 13.1 Å². The largest absolute Gasteiger partial charge is 0.469 e. The third-order valence-corrected chi connectivity index (χ3v) is 4.12. The standard InChI is InChI=1S/C9H18N2O4S/c1-15-8(12)3-6-16(13,14)11-7-9(10)4-2-5-9/h11H,2-7,10H2,1H3. The number of ether oxygens (including phenoxy) is 1. The lowest BCUT2D eigenvalue weighted by Gasteiger charge is -2.37. The Bertz CT molecular complexity index is 349. The molecular weight excluding hydrogens is 232 g/mol. The zero-order chi connectivity index (χ0) is 12.2. The van der Waals surface area contributed by atoms with Crippen LogP contribution in [-0.4, -0.2) is 39.3 Å². The van der Waals surface area contributed by atoms with Gasteiger partial charge in [-0.05, 0) is 19.3 Å². The maximum absolute atomic E-state index is 11.5. The summed E-state index contributed by atoms with van der Waals surface area (Å²) < 4.78 is 29.7. The minimum atomic E-state index is -3.43. The number of esters is 1. The first-order valence-electron chi connectivity index (χ1n) is 5.20. The molecule has 7 heteroatoms. The Morgan fingerprint density at radius 2 is 2.12 bits per heavy atom. The molecule has 0 bridgehead atoms. The average molecular weight is 250 g/mol. The maximum atomic E-state index is 11.5. The molecular formula is C9H18N2O4S.